The Balaban J connectivity index is 2.06. The monoisotopic (exact) mass is 763 g/mol. The van der Waals surface area contributed by atoms with E-state index in [2.05, 4.69) is 144 Å². The molecule has 0 bridgehead atoms. The first-order chi connectivity index (χ1) is 25.0. The van der Waals surface area contributed by atoms with Crippen LogP contribution in [0.4, 0.5) is 0 Å². The van der Waals surface area contributed by atoms with Crippen LogP contribution >= 0.6 is 0 Å². The number of ether oxygens (including phenoxy) is 6. The van der Waals surface area contributed by atoms with Gasteiger partial charge < -0.3 is 28.4 Å². The Bertz CT molecular complexity index is 1770. The van der Waals surface area contributed by atoms with Crippen molar-refractivity contribution in [3.8, 4) is 11.5 Å². The number of hydrogen-bond donors (Lipinski definition) is 0. The van der Waals surface area contributed by atoms with Gasteiger partial charge in [-0.1, -0.05) is 62.3 Å². The highest BCUT2D eigenvalue weighted by Gasteiger charge is 2.39. The van der Waals surface area contributed by atoms with Gasteiger partial charge in [0.25, 0.3) is 0 Å². The van der Waals surface area contributed by atoms with Crippen molar-refractivity contribution in [3.05, 3.63) is 57.4 Å². The van der Waals surface area contributed by atoms with Gasteiger partial charge in [0.05, 0.1) is 13.2 Å². The molecule has 2 aromatic rings. The fraction of sp³-hybridized carbons (Fsp3) is 0.714. The number of fused-ring (bicyclic) bond motifs is 6. The zero-order chi connectivity index (χ0) is 41.7. The second-order valence-electron chi connectivity index (χ2n) is 21.7. The summed E-state index contributed by atoms with van der Waals surface area (Å²) in [5.74, 6) is 5.66. The Kier molecular flexibility index (Phi) is 12.8. The molecule has 0 saturated carbocycles. The quantitative estimate of drug-likeness (QED) is 0.180. The van der Waals surface area contributed by atoms with Gasteiger partial charge in [0.1, 0.15) is 45.4 Å². The molecule has 0 heterocycles. The first-order valence-corrected chi connectivity index (χ1v) is 21.0. The summed E-state index contributed by atoms with van der Waals surface area (Å²) < 4.78 is 40.9. The van der Waals surface area contributed by atoms with Gasteiger partial charge in [0.15, 0.2) is 11.5 Å². The fourth-order valence-electron chi connectivity index (χ4n) is 8.35. The summed E-state index contributed by atoms with van der Waals surface area (Å²) >= 11 is 0. The molecule has 0 N–H and O–H groups in total. The molecule has 6 heteroatoms. The SMILES string of the molecule is CCC(C)(C)OC1=C(OC(C)(C)CC(C)(C)C)Cc2c3c(c4cc(OC(C)C)c(OC(C)(C)C(C)(C)C)cc4c2C1)CC(OC(C)(C)CC(C)C)=C(OC)C3. The molecule has 2 aliphatic carbocycles. The molecule has 0 aliphatic heterocycles. The van der Waals surface area contributed by atoms with Crippen LogP contribution in [0.1, 0.15) is 173 Å². The minimum absolute atomic E-state index is 0.0305. The number of methoxy groups -OCH3 is 1. The minimum atomic E-state index is -0.470. The topological polar surface area (TPSA) is 55.4 Å². The molecule has 55 heavy (non-hydrogen) atoms. The van der Waals surface area contributed by atoms with Crippen molar-refractivity contribution in [2.75, 3.05) is 7.11 Å². The third kappa shape index (κ3) is 10.9. The zero-order valence-electron chi connectivity index (χ0n) is 38.7. The van der Waals surface area contributed by atoms with E-state index in [9.17, 15) is 0 Å². The maximum Gasteiger partial charge on any atom is 0.162 e. The normalized spacial score (nSPS) is 16.1. The highest BCUT2D eigenvalue weighted by Crippen LogP contribution is 2.49. The summed E-state index contributed by atoms with van der Waals surface area (Å²) in [6.45, 7) is 41.8. The first-order valence-electron chi connectivity index (χ1n) is 21.0. The van der Waals surface area contributed by atoms with Gasteiger partial charge in [-0.3, -0.25) is 0 Å². The van der Waals surface area contributed by atoms with Crippen molar-refractivity contribution in [1.82, 2.24) is 0 Å². The van der Waals surface area contributed by atoms with Crippen LogP contribution in [0.3, 0.4) is 0 Å². The first kappa shape index (κ1) is 44.7. The Morgan fingerprint density at radius 2 is 0.982 bits per heavy atom. The van der Waals surface area contributed by atoms with Crippen molar-refractivity contribution >= 4 is 10.8 Å². The van der Waals surface area contributed by atoms with Crippen LogP contribution in [0, 0.1) is 16.7 Å². The summed E-state index contributed by atoms with van der Waals surface area (Å²) in [6.07, 6.45) is 5.21. The molecule has 0 spiro atoms. The molecule has 2 aromatic carbocycles. The molecule has 0 unspecified atom stereocenters. The van der Waals surface area contributed by atoms with E-state index < -0.39 is 11.2 Å². The molecule has 0 saturated heterocycles. The average molecular weight is 763 g/mol. The second kappa shape index (κ2) is 15.7. The van der Waals surface area contributed by atoms with Crippen LogP contribution in [0.25, 0.3) is 10.8 Å². The smallest absolute Gasteiger partial charge is 0.162 e. The van der Waals surface area contributed by atoms with Crippen LogP contribution in [-0.2, 0) is 44.6 Å². The summed E-state index contributed by atoms with van der Waals surface area (Å²) in [4.78, 5) is 0. The second-order valence-corrected chi connectivity index (χ2v) is 21.7. The van der Waals surface area contributed by atoms with E-state index in [0.29, 0.717) is 31.6 Å². The van der Waals surface area contributed by atoms with E-state index in [1.54, 1.807) is 7.11 Å². The molecule has 6 nitrogen and oxygen atoms in total. The Morgan fingerprint density at radius 1 is 0.545 bits per heavy atom. The molecule has 2 aliphatic rings. The predicted molar refractivity (Wildman–Crippen MR) is 229 cm³/mol. The largest absolute Gasteiger partial charge is 0.497 e. The predicted octanol–water partition coefficient (Wildman–Crippen LogP) is 13.4. The molecule has 0 radical (unpaired) electrons. The van der Waals surface area contributed by atoms with Crippen molar-refractivity contribution in [3.63, 3.8) is 0 Å². The molecule has 0 fully saturated rings. The third-order valence-corrected chi connectivity index (χ3v) is 11.5. The van der Waals surface area contributed by atoms with Gasteiger partial charge in [-0.2, -0.15) is 0 Å². The molecule has 0 amide bonds. The molecule has 310 valence electrons. The highest BCUT2D eigenvalue weighted by atomic mass is 16.5. The number of hydrogen-bond acceptors (Lipinski definition) is 6. The Morgan fingerprint density at radius 3 is 1.42 bits per heavy atom. The van der Waals surface area contributed by atoms with E-state index in [-0.39, 0.29) is 28.1 Å². The highest BCUT2D eigenvalue weighted by molar-refractivity contribution is 5.95. The lowest BCUT2D eigenvalue weighted by Gasteiger charge is -2.40. The van der Waals surface area contributed by atoms with Gasteiger partial charge in [0, 0.05) is 31.1 Å². The Labute approximate surface area is 336 Å². The van der Waals surface area contributed by atoms with Gasteiger partial charge in [0.2, 0.25) is 0 Å². The van der Waals surface area contributed by atoms with Crippen molar-refractivity contribution in [2.45, 2.75) is 205 Å². The molecular weight excluding hydrogens is 685 g/mol. The molecule has 0 atom stereocenters. The van der Waals surface area contributed by atoms with Crippen LogP contribution < -0.4 is 9.47 Å². The molecule has 0 aromatic heterocycles. The summed E-state index contributed by atoms with van der Waals surface area (Å²) in [7, 11) is 1.78. The summed E-state index contributed by atoms with van der Waals surface area (Å²) in [5, 5.41) is 2.32. The lowest BCUT2D eigenvalue weighted by molar-refractivity contribution is -0.0295. The zero-order valence-corrected chi connectivity index (χ0v) is 38.7. The van der Waals surface area contributed by atoms with Crippen LogP contribution in [0.15, 0.2) is 35.2 Å². The minimum Gasteiger partial charge on any atom is -0.497 e. The summed E-state index contributed by atoms with van der Waals surface area (Å²) in [6, 6.07) is 4.48. The number of benzene rings is 2. The lowest BCUT2D eigenvalue weighted by Crippen LogP contribution is -2.42. The Hall–Kier alpha value is -3.02. The van der Waals surface area contributed by atoms with E-state index in [4.69, 9.17) is 28.4 Å². The van der Waals surface area contributed by atoms with Crippen molar-refractivity contribution < 1.29 is 28.4 Å². The fourth-order valence-corrected chi connectivity index (χ4v) is 8.35. The van der Waals surface area contributed by atoms with Crippen molar-refractivity contribution in [1.29, 1.82) is 0 Å². The molecule has 4 rings (SSSR count). The van der Waals surface area contributed by atoms with Gasteiger partial charge in [-0.15, -0.1) is 0 Å². The lowest BCUT2D eigenvalue weighted by atomic mass is 9.78. The van der Waals surface area contributed by atoms with Gasteiger partial charge >= 0.3 is 0 Å². The maximum atomic E-state index is 7.13. The van der Waals surface area contributed by atoms with E-state index in [1.807, 2.05) is 0 Å². The van der Waals surface area contributed by atoms with E-state index in [1.165, 1.54) is 22.3 Å². The number of rotatable bonds is 15. The van der Waals surface area contributed by atoms with Gasteiger partial charge in [-0.25, -0.2) is 0 Å². The molecular formula is C49H78O6. The summed E-state index contributed by atoms with van der Waals surface area (Å²) in [5.41, 5.74) is 3.50. The average Bonchev–Trinajstić information content (AvgIpc) is 2.98. The maximum absolute atomic E-state index is 7.13. The van der Waals surface area contributed by atoms with Crippen LogP contribution in [0.5, 0.6) is 11.5 Å². The van der Waals surface area contributed by atoms with Crippen LogP contribution in [-0.4, -0.2) is 35.6 Å². The van der Waals surface area contributed by atoms with Crippen LogP contribution in [0.2, 0.25) is 0 Å². The van der Waals surface area contributed by atoms with Gasteiger partial charge in [-0.05, 0) is 145 Å². The standard InChI is InChI=1S/C49H78O6/c1-21-46(12,13)52-42-26-37-35-25-41(55-49(18,19)45(9,10)11)39(51-31(4)5)23-33(35)34-24-40(53-47(14,15)28-30(2)3)38(50-20)22-32(34)36(37)27-43(42)54-48(16,17)29-44(6,7)8/h23,25,30-31H,21-22,24,26-29H2,1-20H3. The third-order valence-electron chi connectivity index (χ3n) is 11.5. The van der Waals surface area contributed by atoms with E-state index >= 15 is 0 Å². The number of allylic oxidation sites excluding steroid dienone is 4. The van der Waals surface area contributed by atoms with E-state index in [0.717, 1.165) is 64.6 Å². The van der Waals surface area contributed by atoms with Crippen molar-refractivity contribution in [2.24, 2.45) is 16.7 Å².